The molecule has 3 aromatic carbocycles. The van der Waals surface area contributed by atoms with Gasteiger partial charge in [0.05, 0.1) is 6.42 Å². The third kappa shape index (κ3) is 4.58. The number of carbonyl (C=O) groups is 3. The molecule has 0 aromatic heterocycles. The first-order valence-electron chi connectivity index (χ1n) is 10.3. The Labute approximate surface area is 180 Å². The summed E-state index contributed by atoms with van der Waals surface area (Å²) in [4.78, 5) is 38.9. The first-order valence-corrected chi connectivity index (χ1v) is 10.3. The van der Waals surface area contributed by atoms with E-state index in [9.17, 15) is 14.4 Å². The maximum absolute atomic E-state index is 12.7. The molecule has 1 heterocycles. The minimum absolute atomic E-state index is 0.160. The number of hydrogen-bond acceptors (Lipinski definition) is 4. The van der Waals surface area contributed by atoms with Gasteiger partial charge in [0.1, 0.15) is 6.54 Å². The van der Waals surface area contributed by atoms with Gasteiger partial charge in [0.15, 0.2) is 6.10 Å². The van der Waals surface area contributed by atoms with E-state index in [2.05, 4.69) is 5.32 Å². The molecule has 158 valence electrons. The van der Waals surface area contributed by atoms with E-state index in [1.54, 1.807) is 11.8 Å². The highest BCUT2D eigenvalue weighted by molar-refractivity contribution is 5.99. The van der Waals surface area contributed by atoms with Crippen molar-refractivity contribution >= 4 is 34.2 Å². The fourth-order valence-corrected chi connectivity index (χ4v) is 3.93. The summed E-state index contributed by atoms with van der Waals surface area (Å²) >= 11 is 0. The summed E-state index contributed by atoms with van der Waals surface area (Å²) in [7, 11) is 0. The van der Waals surface area contributed by atoms with Crippen molar-refractivity contribution in [3.63, 3.8) is 0 Å². The van der Waals surface area contributed by atoms with Gasteiger partial charge in [-0.15, -0.1) is 0 Å². The number of ether oxygens (including phenoxy) is 1. The molecule has 0 aliphatic carbocycles. The molecule has 0 saturated carbocycles. The molecule has 4 rings (SSSR count). The lowest BCUT2D eigenvalue weighted by molar-refractivity contribution is -0.153. The standard InChI is InChI=1S/C25H24N2O4/c1-17(25(30)27-14-13-19-8-3-5-12-22(19)27)31-24(29)16-26-23(28)15-20-10-6-9-18-7-2-4-11-21(18)20/h2-12,17H,13-16H2,1H3,(H,26,28)/t17-/m1/s1. The molecule has 0 saturated heterocycles. The fraction of sp³-hybridized carbons (Fsp3) is 0.240. The van der Waals surface area contributed by atoms with Crippen LogP contribution in [-0.4, -0.2) is 37.0 Å². The van der Waals surface area contributed by atoms with Gasteiger partial charge in [-0.1, -0.05) is 60.7 Å². The summed E-state index contributed by atoms with van der Waals surface area (Å²) in [6.07, 6.45) is 0.0224. The number of benzene rings is 3. The Morgan fingerprint density at radius 1 is 1.00 bits per heavy atom. The summed E-state index contributed by atoms with van der Waals surface area (Å²) in [6.45, 7) is 1.85. The van der Waals surface area contributed by atoms with Gasteiger partial charge in [-0.25, -0.2) is 0 Å². The lowest BCUT2D eigenvalue weighted by Gasteiger charge is -2.21. The van der Waals surface area contributed by atoms with Crippen LogP contribution in [0.2, 0.25) is 0 Å². The highest BCUT2D eigenvalue weighted by Crippen LogP contribution is 2.28. The van der Waals surface area contributed by atoms with Crippen LogP contribution in [0.5, 0.6) is 0 Å². The van der Waals surface area contributed by atoms with Gasteiger partial charge in [-0.05, 0) is 41.3 Å². The average molecular weight is 416 g/mol. The highest BCUT2D eigenvalue weighted by atomic mass is 16.5. The van der Waals surface area contributed by atoms with Crippen LogP contribution in [0.15, 0.2) is 66.7 Å². The third-order valence-corrected chi connectivity index (χ3v) is 5.47. The van der Waals surface area contributed by atoms with Crippen molar-refractivity contribution in [2.45, 2.75) is 25.9 Å². The number of nitrogens with one attached hydrogen (secondary N) is 1. The van der Waals surface area contributed by atoms with Gasteiger partial charge < -0.3 is 15.0 Å². The van der Waals surface area contributed by atoms with Crippen LogP contribution >= 0.6 is 0 Å². The van der Waals surface area contributed by atoms with E-state index in [1.165, 1.54) is 0 Å². The molecule has 2 amide bonds. The molecule has 0 spiro atoms. The van der Waals surface area contributed by atoms with Crippen molar-refractivity contribution in [3.05, 3.63) is 77.9 Å². The summed E-state index contributed by atoms with van der Waals surface area (Å²) in [5.41, 5.74) is 2.86. The molecule has 31 heavy (non-hydrogen) atoms. The number of hydrogen-bond donors (Lipinski definition) is 1. The Hall–Kier alpha value is -3.67. The predicted molar refractivity (Wildman–Crippen MR) is 119 cm³/mol. The highest BCUT2D eigenvalue weighted by Gasteiger charge is 2.29. The van der Waals surface area contributed by atoms with Gasteiger partial charge in [-0.2, -0.15) is 0 Å². The second kappa shape index (κ2) is 9.00. The van der Waals surface area contributed by atoms with Crippen molar-refractivity contribution in [1.29, 1.82) is 0 Å². The lowest BCUT2D eigenvalue weighted by atomic mass is 10.0. The summed E-state index contributed by atoms with van der Waals surface area (Å²) in [5.74, 6) is -1.18. The maximum Gasteiger partial charge on any atom is 0.326 e. The zero-order valence-electron chi connectivity index (χ0n) is 17.3. The van der Waals surface area contributed by atoms with E-state index in [4.69, 9.17) is 4.74 Å². The Morgan fingerprint density at radius 2 is 1.74 bits per heavy atom. The van der Waals surface area contributed by atoms with Crippen molar-refractivity contribution < 1.29 is 19.1 Å². The molecule has 3 aromatic rings. The van der Waals surface area contributed by atoms with E-state index >= 15 is 0 Å². The SMILES string of the molecule is C[C@@H](OC(=O)CNC(=O)Cc1cccc2ccccc12)C(=O)N1CCc2ccccc21. The van der Waals surface area contributed by atoms with E-state index in [-0.39, 0.29) is 24.8 Å². The Bertz CT molecular complexity index is 1140. The second-order valence-electron chi connectivity index (χ2n) is 7.59. The maximum atomic E-state index is 12.7. The molecule has 6 heteroatoms. The zero-order chi connectivity index (χ0) is 21.8. The molecule has 0 unspecified atom stereocenters. The molecule has 1 N–H and O–H groups in total. The minimum atomic E-state index is -0.923. The number of para-hydroxylation sites is 1. The lowest BCUT2D eigenvalue weighted by Crippen LogP contribution is -2.41. The van der Waals surface area contributed by atoms with Crippen LogP contribution in [0.4, 0.5) is 5.69 Å². The average Bonchev–Trinajstić information content (AvgIpc) is 3.21. The quantitative estimate of drug-likeness (QED) is 0.627. The van der Waals surface area contributed by atoms with Gasteiger partial charge in [-0.3, -0.25) is 14.4 Å². The van der Waals surface area contributed by atoms with Gasteiger partial charge in [0.2, 0.25) is 5.91 Å². The minimum Gasteiger partial charge on any atom is -0.451 e. The molecule has 0 bridgehead atoms. The van der Waals surface area contributed by atoms with Crippen LogP contribution in [0, 0.1) is 0 Å². The number of amides is 2. The molecular formula is C25H24N2O4. The van der Waals surface area contributed by atoms with Gasteiger partial charge in [0, 0.05) is 12.2 Å². The van der Waals surface area contributed by atoms with E-state index in [0.29, 0.717) is 6.54 Å². The number of fused-ring (bicyclic) bond motifs is 2. The van der Waals surface area contributed by atoms with Gasteiger partial charge >= 0.3 is 5.97 Å². The van der Waals surface area contributed by atoms with Crippen molar-refractivity contribution in [2.24, 2.45) is 0 Å². The summed E-state index contributed by atoms with van der Waals surface area (Å²) < 4.78 is 5.27. The fourth-order valence-electron chi connectivity index (χ4n) is 3.93. The zero-order valence-corrected chi connectivity index (χ0v) is 17.3. The monoisotopic (exact) mass is 416 g/mol. The van der Waals surface area contributed by atoms with E-state index in [0.717, 1.165) is 34.0 Å². The number of nitrogens with zero attached hydrogens (tertiary/aromatic N) is 1. The van der Waals surface area contributed by atoms with Crippen molar-refractivity contribution in [2.75, 3.05) is 18.0 Å². The van der Waals surface area contributed by atoms with Crippen molar-refractivity contribution in [1.82, 2.24) is 5.32 Å². The largest absolute Gasteiger partial charge is 0.451 e. The van der Waals surface area contributed by atoms with E-state index in [1.807, 2.05) is 66.7 Å². The van der Waals surface area contributed by atoms with Gasteiger partial charge in [0.25, 0.3) is 5.91 Å². The first kappa shape index (κ1) is 20.6. The number of rotatable bonds is 6. The Morgan fingerprint density at radius 3 is 2.61 bits per heavy atom. The smallest absolute Gasteiger partial charge is 0.326 e. The first-order chi connectivity index (χ1) is 15.0. The van der Waals surface area contributed by atoms with Crippen LogP contribution in [-0.2, 0) is 32.0 Å². The molecule has 0 fully saturated rings. The predicted octanol–water partition coefficient (Wildman–Crippen LogP) is 3.02. The summed E-state index contributed by atoms with van der Waals surface area (Å²) in [5, 5.41) is 4.65. The molecule has 6 nitrogen and oxygen atoms in total. The Balaban J connectivity index is 1.29. The topological polar surface area (TPSA) is 75.7 Å². The molecule has 1 aliphatic rings. The third-order valence-electron chi connectivity index (χ3n) is 5.47. The molecule has 1 aliphatic heterocycles. The Kier molecular flexibility index (Phi) is 5.98. The molecular weight excluding hydrogens is 392 g/mol. The normalized spacial score (nSPS) is 13.5. The van der Waals surface area contributed by atoms with Crippen molar-refractivity contribution in [3.8, 4) is 0 Å². The molecule has 1 atom stereocenters. The molecule has 0 radical (unpaired) electrons. The second-order valence-corrected chi connectivity index (χ2v) is 7.59. The van der Waals surface area contributed by atoms with Crippen LogP contribution in [0.3, 0.4) is 0 Å². The number of esters is 1. The number of carbonyl (C=O) groups excluding carboxylic acids is 3. The van der Waals surface area contributed by atoms with Crippen LogP contribution in [0.25, 0.3) is 10.8 Å². The van der Waals surface area contributed by atoms with Crippen LogP contribution in [0.1, 0.15) is 18.1 Å². The van der Waals surface area contributed by atoms with Crippen LogP contribution < -0.4 is 10.2 Å². The number of anilines is 1. The van der Waals surface area contributed by atoms with E-state index < -0.39 is 12.1 Å². The summed E-state index contributed by atoms with van der Waals surface area (Å²) in [6, 6.07) is 21.3.